The van der Waals surface area contributed by atoms with Crippen LogP contribution in [-0.4, -0.2) is 38.3 Å². The lowest BCUT2D eigenvalue weighted by Gasteiger charge is -2.38. The van der Waals surface area contributed by atoms with E-state index in [1.165, 1.54) is 0 Å². The highest BCUT2D eigenvalue weighted by Crippen LogP contribution is 2.24. The Morgan fingerprint density at radius 1 is 0.722 bits per heavy atom. The van der Waals surface area contributed by atoms with E-state index >= 15 is 0 Å². The van der Waals surface area contributed by atoms with Crippen LogP contribution in [0.15, 0.2) is 0 Å². The van der Waals surface area contributed by atoms with E-state index in [0.717, 1.165) is 25.1 Å². The molecule has 0 atom stereocenters. The van der Waals surface area contributed by atoms with Crippen LogP contribution in [0.2, 0.25) is 51.4 Å². The lowest BCUT2D eigenvalue weighted by atomic mass is 10.5. The standard InChI is InChI=1S/C11H32N2O2Si3/c1-16(2,10-7-8-12)14-18(5,6)15-17(3,4)11-9-13/h7-13H2,1-6H3. The molecular formula is C11H32N2O2Si3. The molecule has 0 saturated heterocycles. The fraction of sp³-hybridized carbons (Fsp3) is 1.00. The summed E-state index contributed by atoms with van der Waals surface area (Å²) in [6.45, 7) is 14.8. The fourth-order valence-corrected chi connectivity index (χ4v) is 16.1. The van der Waals surface area contributed by atoms with Crippen LogP contribution in [0.5, 0.6) is 0 Å². The Hall–Kier alpha value is 0.491. The highest BCUT2D eigenvalue weighted by molar-refractivity contribution is 6.87. The van der Waals surface area contributed by atoms with E-state index in [4.69, 9.17) is 19.7 Å². The van der Waals surface area contributed by atoms with E-state index in [1.807, 2.05) is 0 Å². The van der Waals surface area contributed by atoms with E-state index in [9.17, 15) is 0 Å². The van der Waals surface area contributed by atoms with E-state index < -0.39 is 25.2 Å². The Morgan fingerprint density at radius 3 is 1.56 bits per heavy atom. The maximum Gasteiger partial charge on any atom is 0.311 e. The number of hydrogen-bond donors (Lipinski definition) is 2. The van der Waals surface area contributed by atoms with Crippen molar-refractivity contribution in [3.05, 3.63) is 0 Å². The van der Waals surface area contributed by atoms with Crippen molar-refractivity contribution in [2.24, 2.45) is 11.5 Å². The normalized spacial score (nSPS) is 14.0. The van der Waals surface area contributed by atoms with Gasteiger partial charge in [-0.3, -0.25) is 0 Å². The smallest absolute Gasteiger partial charge is 0.311 e. The van der Waals surface area contributed by atoms with Crippen LogP contribution in [0, 0.1) is 0 Å². The van der Waals surface area contributed by atoms with Gasteiger partial charge in [0.25, 0.3) is 0 Å². The van der Waals surface area contributed by atoms with Gasteiger partial charge in [-0.15, -0.1) is 0 Å². The van der Waals surface area contributed by atoms with Crippen molar-refractivity contribution in [2.45, 2.75) is 57.8 Å². The zero-order chi connectivity index (χ0) is 14.4. The second-order valence-electron chi connectivity index (χ2n) is 6.55. The van der Waals surface area contributed by atoms with Gasteiger partial charge in [0.2, 0.25) is 0 Å². The minimum Gasteiger partial charge on any atom is -0.437 e. The van der Waals surface area contributed by atoms with Crippen LogP contribution in [-0.2, 0) is 8.23 Å². The van der Waals surface area contributed by atoms with Gasteiger partial charge in [-0.2, -0.15) is 0 Å². The highest BCUT2D eigenvalue weighted by atomic mass is 28.5. The van der Waals surface area contributed by atoms with Gasteiger partial charge in [0.15, 0.2) is 16.6 Å². The molecule has 0 spiro atoms. The molecular weight excluding hydrogens is 276 g/mol. The molecule has 0 aromatic carbocycles. The molecule has 0 unspecified atom stereocenters. The minimum atomic E-state index is -2.03. The quantitative estimate of drug-likeness (QED) is 0.642. The Morgan fingerprint density at radius 2 is 1.17 bits per heavy atom. The number of nitrogens with two attached hydrogens (primary N) is 2. The van der Waals surface area contributed by atoms with Crippen molar-refractivity contribution in [3.63, 3.8) is 0 Å². The summed E-state index contributed by atoms with van der Waals surface area (Å²) < 4.78 is 12.8. The maximum absolute atomic E-state index is 6.40. The molecule has 0 aliphatic rings. The van der Waals surface area contributed by atoms with E-state index in [-0.39, 0.29) is 0 Å². The van der Waals surface area contributed by atoms with Crippen molar-refractivity contribution >= 4 is 25.2 Å². The third-order valence-corrected chi connectivity index (χ3v) is 14.2. The van der Waals surface area contributed by atoms with Gasteiger partial charge in [0.1, 0.15) is 0 Å². The van der Waals surface area contributed by atoms with Crippen LogP contribution >= 0.6 is 0 Å². The lowest BCUT2D eigenvalue weighted by Crippen LogP contribution is -2.52. The molecule has 0 aromatic rings. The zero-order valence-electron chi connectivity index (χ0n) is 13.0. The maximum atomic E-state index is 6.40. The molecule has 0 fully saturated rings. The van der Waals surface area contributed by atoms with E-state index in [2.05, 4.69) is 39.3 Å². The third kappa shape index (κ3) is 8.57. The van der Waals surface area contributed by atoms with E-state index in [1.54, 1.807) is 0 Å². The predicted octanol–water partition coefficient (Wildman–Crippen LogP) is 2.44. The topological polar surface area (TPSA) is 70.5 Å². The van der Waals surface area contributed by atoms with Gasteiger partial charge in [0, 0.05) is 0 Å². The Balaban J connectivity index is 4.45. The van der Waals surface area contributed by atoms with Gasteiger partial charge < -0.3 is 19.7 Å². The van der Waals surface area contributed by atoms with Crippen molar-refractivity contribution in [1.29, 1.82) is 0 Å². The summed E-state index contributed by atoms with van der Waals surface area (Å²) in [4.78, 5) is 0. The molecule has 4 N–H and O–H groups in total. The van der Waals surface area contributed by atoms with E-state index in [0.29, 0.717) is 6.54 Å². The van der Waals surface area contributed by atoms with Gasteiger partial charge in [-0.1, -0.05) is 0 Å². The molecule has 4 nitrogen and oxygen atoms in total. The van der Waals surface area contributed by atoms with Crippen LogP contribution in [0.4, 0.5) is 0 Å². The second kappa shape index (κ2) is 7.32. The first-order valence-electron chi connectivity index (χ1n) is 6.84. The van der Waals surface area contributed by atoms with Crippen molar-refractivity contribution < 1.29 is 8.23 Å². The number of rotatable bonds is 9. The van der Waals surface area contributed by atoms with Gasteiger partial charge in [-0.05, 0) is 70.9 Å². The third-order valence-electron chi connectivity index (χ3n) is 2.77. The first-order chi connectivity index (χ1) is 8.04. The molecule has 0 amide bonds. The molecule has 0 aromatic heterocycles. The molecule has 0 aliphatic heterocycles. The summed E-state index contributed by atoms with van der Waals surface area (Å²) in [5.41, 5.74) is 11.2. The van der Waals surface area contributed by atoms with Crippen molar-refractivity contribution in [2.75, 3.05) is 13.1 Å². The SMILES string of the molecule is C[Si](C)(CCN)O[Si](C)(C)O[Si](C)(C)CCCN. The molecule has 0 bridgehead atoms. The molecule has 0 rings (SSSR count). The van der Waals surface area contributed by atoms with Crippen LogP contribution < -0.4 is 11.5 Å². The van der Waals surface area contributed by atoms with Gasteiger partial charge >= 0.3 is 8.56 Å². The van der Waals surface area contributed by atoms with Gasteiger partial charge in [-0.25, -0.2) is 0 Å². The predicted molar refractivity (Wildman–Crippen MR) is 87.0 cm³/mol. The van der Waals surface area contributed by atoms with Crippen molar-refractivity contribution in [1.82, 2.24) is 0 Å². The summed E-state index contributed by atoms with van der Waals surface area (Å²) in [5.74, 6) is 0. The van der Waals surface area contributed by atoms with Crippen LogP contribution in [0.1, 0.15) is 6.42 Å². The fourth-order valence-electron chi connectivity index (χ4n) is 2.33. The van der Waals surface area contributed by atoms with Crippen LogP contribution in [0.25, 0.3) is 0 Å². The first kappa shape index (κ1) is 18.5. The molecule has 0 saturated carbocycles. The molecule has 0 aliphatic carbocycles. The molecule has 18 heavy (non-hydrogen) atoms. The first-order valence-corrected chi connectivity index (χ1v) is 15.9. The zero-order valence-corrected chi connectivity index (χ0v) is 16.0. The highest BCUT2D eigenvalue weighted by Gasteiger charge is 2.38. The summed E-state index contributed by atoms with van der Waals surface area (Å²) in [6.07, 6.45) is 1.05. The number of hydrogen-bond acceptors (Lipinski definition) is 4. The Kier molecular flexibility index (Phi) is 7.52. The Labute approximate surface area is 116 Å². The average Bonchev–Trinajstić information content (AvgIpc) is 2.10. The minimum absolute atomic E-state index is 0.706. The molecule has 110 valence electrons. The summed E-state index contributed by atoms with van der Waals surface area (Å²) in [7, 11) is -5.33. The molecule has 7 heteroatoms. The molecule has 0 radical (unpaired) electrons. The second-order valence-corrected chi connectivity index (χ2v) is 19.0. The Bertz CT molecular complexity index is 248. The van der Waals surface area contributed by atoms with Crippen molar-refractivity contribution in [3.8, 4) is 0 Å². The van der Waals surface area contributed by atoms with Crippen LogP contribution in [0.3, 0.4) is 0 Å². The molecule has 0 heterocycles. The van der Waals surface area contributed by atoms with Gasteiger partial charge in [0.05, 0.1) is 0 Å². The summed E-state index contributed by atoms with van der Waals surface area (Å²) in [5, 5.41) is 0. The largest absolute Gasteiger partial charge is 0.437 e. The monoisotopic (exact) mass is 308 g/mol. The summed E-state index contributed by atoms with van der Waals surface area (Å²) in [6, 6.07) is 2.11. The average molecular weight is 309 g/mol. The lowest BCUT2D eigenvalue weighted by molar-refractivity contribution is 0.388. The summed E-state index contributed by atoms with van der Waals surface area (Å²) >= 11 is 0.